The van der Waals surface area contributed by atoms with E-state index in [0.29, 0.717) is 31.9 Å². The summed E-state index contributed by atoms with van der Waals surface area (Å²) in [5.41, 5.74) is 1.68. The van der Waals surface area contributed by atoms with Crippen molar-refractivity contribution < 1.29 is 14.7 Å². The van der Waals surface area contributed by atoms with E-state index in [1.54, 1.807) is 48.7 Å². The number of carbonyl (C=O) groups is 2. The van der Waals surface area contributed by atoms with Gasteiger partial charge in [-0.05, 0) is 36.4 Å². The van der Waals surface area contributed by atoms with Crippen LogP contribution in [0, 0.1) is 0 Å². The van der Waals surface area contributed by atoms with Crippen LogP contribution < -0.4 is 16.2 Å². The third-order valence-corrected chi connectivity index (χ3v) is 6.06. The van der Waals surface area contributed by atoms with E-state index < -0.39 is 5.91 Å². The molecule has 4 N–H and O–H groups in total. The highest BCUT2D eigenvalue weighted by molar-refractivity contribution is 7.17. The molecule has 3 heterocycles. The summed E-state index contributed by atoms with van der Waals surface area (Å²) in [7, 11) is 0. The Bertz CT molecular complexity index is 1400. The van der Waals surface area contributed by atoms with E-state index >= 15 is 0 Å². The fourth-order valence-corrected chi connectivity index (χ4v) is 4.22. The summed E-state index contributed by atoms with van der Waals surface area (Å²) in [6.45, 7) is -0.121. The normalized spacial score (nSPS) is 10.8. The van der Waals surface area contributed by atoms with E-state index in [0.717, 1.165) is 11.3 Å². The van der Waals surface area contributed by atoms with Crippen molar-refractivity contribution in [1.29, 1.82) is 0 Å². The number of nitrogens with zero attached hydrogens (tertiary/aromatic N) is 3. The molecule has 0 saturated carbocycles. The zero-order valence-corrected chi connectivity index (χ0v) is 19.2. The Morgan fingerprint density at radius 2 is 1.94 bits per heavy atom. The minimum Gasteiger partial charge on any atom is -0.395 e. The molecule has 0 unspecified atom stereocenters. The molecule has 174 valence electrons. The van der Waals surface area contributed by atoms with E-state index in [9.17, 15) is 14.4 Å². The molecule has 10 nitrogen and oxygen atoms in total. The molecule has 0 bridgehead atoms. The summed E-state index contributed by atoms with van der Waals surface area (Å²) in [4.78, 5) is 38.0. The van der Waals surface area contributed by atoms with Crippen molar-refractivity contribution in [3.8, 4) is 16.9 Å². The lowest BCUT2D eigenvalue weighted by Gasteiger charge is -2.13. The Morgan fingerprint density at radius 1 is 1.09 bits per heavy atom. The topological polar surface area (TPSA) is 142 Å². The number of benzene rings is 1. The first kappa shape index (κ1) is 23.4. The number of aliphatic hydroxyl groups is 1. The molecule has 4 aromatic rings. The fraction of sp³-hybridized carbons (Fsp3) is 0.136. The number of amides is 2. The molecule has 34 heavy (non-hydrogen) atoms. The Hall–Kier alpha value is -3.80. The lowest BCUT2D eigenvalue weighted by atomic mass is 10.0. The first-order valence-corrected chi connectivity index (χ1v) is 11.3. The summed E-state index contributed by atoms with van der Waals surface area (Å²) >= 11 is 7.05. The van der Waals surface area contributed by atoms with Gasteiger partial charge in [0.15, 0.2) is 0 Å². The third-order valence-electron chi connectivity index (χ3n) is 4.83. The van der Waals surface area contributed by atoms with Gasteiger partial charge in [-0.1, -0.05) is 17.7 Å². The molecule has 0 aliphatic carbocycles. The monoisotopic (exact) mass is 498 g/mol. The maximum atomic E-state index is 12.9. The third kappa shape index (κ3) is 5.06. The van der Waals surface area contributed by atoms with Crippen LogP contribution in [-0.2, 0) is 6.54 Å². The van der Waals surface area contributed by atoms with Crippen LogP contribution in [0.3, 0.4) is 0 Å². The second-order valence-corrected chi connectivity index (χ2v) is 8.74. The number of pyridine rings is 1. The van der Waals surface area contributed by atoms with E-state index in [2.05, 4.69) is 26.0 Å². The number of aromatic amines is 1. The van der Waals surface area contributed by atoms with Gasteiger partial charge in [0.2, 0.25) is 0 Å². The number of carbonyl (C=O) groups excluding carboxylic acids is 2. The molecule has 0 saturated heterocycles. The molecule has 0 aliphatic rings. The molecule has 0 spiro atoms. The van der Waals surface area contributed by atoms with Crippen LogP contribution in [0.25, 0.3) is 16.9 Å². The summed E-state index contributed by atoms with van der Waals surface area (Å²) in [6.07, 6.45) is 1.60. The van der Waals surface area contributed by atoms with Crippen molar-refractivity contribution in [2.75, 3.05) is 13.2 Å². The van der Waals surface area contributed by atoms with Crippen molar-refractivity contribution in [1.82, 2.24) is 30.6 Å². The van der Waals surface area contributed by atoms with Gasteiger partial charge >= 0.3 is 0 Å². The van der Waals surface area contributed by atoms with E-state index in [1.165, 1.54) is 10.6 Å². The van der Waals surface area contributed by atoms with Gasteiger partial charge in [-0.15, -0.1) is 11.3 Å². The number of aliphatic hydroxyl groups excluding tert-OH is 1. The number of hydrogen-bond acceptors (Lipinski definition) is 7. The fourth-order valence-electron chi connectivity index (χ4n) is 3.26. The van der Waals surface area contributed by atoms with Gasteiger partial charge in [0.25, 0.3) is 17.4 Å². The van der Waals surface area contributed by atoms with E-state index in [1.807, 2.05) is 0 Å². The molecular formula is C22H19ClN6O4S. The summed E-state index contributed by atoms with van der Waals surface area (Å²) in [6, 6.07) is 12.9. The minimum atomic E-state index is -0.457. The highest BCUT2D eigenvalue weighted by Crippen LogP contribution is 2.27. The zero-order chi connectivity index (χ0) is 24.1. The zero-order valence-electron chi connectivity index (χ0n) is 17.6. The van der Waals surface area contributed by atoms with E-state index in [-0.39, 0.29) is 36.7 Å². The van der Waals surface area contributed by atoms with Crippen LogP contribution >= 0.6 is 22.9 Å². The molecule has 12 heteroatoms. The van der Waals surface area contributed by atoms with Crippen LogP contribution in [0.5, 0.6) is 0 Å². The van der Waals surface area contributed by atoms with Crippen molar-refractivity contribution in [3.63, 3.8) is 0 Å². The van der Waals surface area contributed by atoms with Crippen molar-refractivity contribution in [3.05, 3.63) is 85.6 Å². The van der Waals surface area contributed by atoms with Crippen molar-refractivity contribution in [2.45, 2.75) is 6.54 Å². The number of thiophene rings is 1. The standard InChI is InChI=1S/C22H19ClN6O4S/c23-18-7-6-17(34-18)22(33)25-12-16-20(27-28-26-16)14-5-4-13(29-9-2-1-3-19(29)31)11-15(14)21(32)24-8-10-30/h1-7,9,11,30H,8,10,12H2,(H,24,32)(H,25,33)(H,26,27,28). The molecule has 0 aliphatic heterocycles. The average molecular weight is 499 g/mol. The van der Waals surface area contributed by atoms with Crippen molar-refractivity contribution in [2.24, 2.45) is 0 Å². The van der Waals surface area contributed by atoms with Gasteiger partial charge in [-0.3, -0.25) is 19.0 Å². The minimum absolute atomic E-state index is 0.0534. The SMILES string of the molecule is O=C(NCc1n[nH]nc1-c1ccc(-n2ccccc2=O)cc1C(=O)NCCO)c1ccc(Cl)s1. The van der Waals surface area contributed by atoms with Gasteiger partial charge in [0.05, 0.1) is 27.9 Å². The molecule has 3 aromatic heterocycles. The molecule has 0 atom stereocenters. The lowest BCUT2D eigenvalue weighted by Crippen LogP contribution is -2.27. The Morgan fingerprint density at radius 3 is 2.68 bits per heavy atom. The molecule has 0 fully saturated rings. The van der Waals surface area contributed by atoms with Crippen LogP contribution in [0.1, 0.15) is 25.7 Å². The largest absolute Gasteiger partial charge is 0.395 e. The highest BCUT2D eigenvalue weighted by Gasteiger charge is 2.20. The predicted molar refractivity (Wildman–Crippen MR) is 127 cm³/mol. The quantitative estimate of drug-likeness (QED) is 0.292. The lowest BCUT2D eigenvalue weighted by molar-refractivity contribution is 0.0940. The smallest absolute Gasteiger partial charge is 0.261 e. The van der Waals surface area contributed by atoms with Gasteiger partial charge in [-0.2, -0.15) is 15.4 Å². The summed E-state index contributed by atoms with van der Waals surface area (Å²) < 4.78 is 1.91. The highest BCUT2D eigenvalue weighted by atomic mass is 35.5. The Kier molecular flexibility index (Phi) is 7.16. The van der Waals surface area contributed by atoms with E-state index in [4.69, 9.17) is 16.7 Å². The second kappa shape index (κ2) is 10.4. The average Bonchev–Trinajstić information content (AvgIpc) is 3.50. The molecule has 2 amide bonds. The van der Waals surface area contributed by atoms with Crippen LogP contribution in [-0.4, -0.2) is 50.1 Å². The maximum Gasteiger partial charge on any atom is 0.261 e. The summed E-state index contributed by atoms with van der Waals surface area (Å²) in [5, 5.41) is 25.3. The first-order chi connectivity index (χ1) is 16.5. The van der Waals surface area contributed by atoms with Crippen LogP contribution in [0.2, 0.25) is 4.34 Å². The molecular weight excluding hydrogens is 480 g/mol. The van der Waals surface area contributed by atoms with Crippen LogP contribution in [0.15, 0.2) is 59.5 Å². The number of H-pyrrole nitrogens is 1. The number of hydrogen-bond donors (Lipinski definition) is 4. The van der Waals surface area contributed by atoms with Gasteiger partial charge in [0, 0.05) is 30.1 Å². The molecule has 0 radical (unpaired) electrons. The maximum absolute atomic E-state index is 12.9. The second-order valence-electron chi connectivity index (χ2n) is 7.02. The van der Waals surface area contributed by atoms with Crippen LogP contribution in [0.4, 0.5) is 0 Å². The summed E-state index contributed by atoms with van der Waals surface area (Å²) in [5.74, 6) is -0.772. The molecule has 1 aromatic carbocycles. The predicted octanol–water partition coefficient (Wildman–Crippen LogP) is 1.99. The Balaban J connectivity index is 1.68. The Labute approximate surface area is 202 Å². The number of nitrogens with one attached hydrogen (secondary N) is 3. The number of halogens is 1. The van der Waals surface area contributed by atoms with Gasteiger partial charge < -0.3 is 15.7 Å². The number of aromatic nitrogens is 4. The van der Waals surface area contributed by atoms with Crippen molar-refractivity contribution >= 4 is 34.8 Å². The first-order valence-electron chi connectivity index (χ1n) is 10.1. The van der Waals surface area contributed by atoms with Gasteiger partial charge in [0.1, 0.15) is 11.4 Å². The molecule has 4 rings (SSSR count). The van der Waals surface area contributed by atoms with Gasteiger partial charge in [-0.25, -0.2) is 0 Å². The number of rotatable bonds is 8.